The number of aromatic nitrogens is 2. The van der Waals surface area contributed by atoms with Gasteiger partial charge in [0.2, 0.25) is 11.6 Å². The molecule has 1 N–H and O–H groups in total. The second-order valence-electron chi connectivity index (χ2n) is 6.89. The largest absolute Gasteiger partial charge is 0.493 e. The first-order chi connectivity index (χ1) is 14.5. The fourth-order valence-electron chi connectivity index (χ4n) is 3.10. The van der Waals surface area contributed by atoms with Gasteiger partial charge < -0.3 is 14.8 Å². The van der Waals surface area contributed by atoms with Crippen molar-refractivity contribution in [2.45, 2.75) is 26.6 Å². The number of carbonyl (C=O) groups is 1. The number of anilines is 1. The van der Waals surface area contributed by atoms with Crippen LogP contribution in [0.2, 0.25) is 0 Å². The molecule has 0 aliphatic heterocycles. The van der Waals surface area contributed by atoms with Crippen LogP contribution in [0.1, 0.15) is 16.8 Å². The highest BCUT2D eigenvalue weighted by atomic mass is 19.4. The monoisotopic (exact) mass is 435 g/mol. The molecule has 0 aliphatic rings. The smallest absolute Gasteiger partial charge is 0.438 e. The number of amides is 1. The third-order valence-electron chi connectivity index (χ3n) is 4.80. The van der Waals surface area contributed by atoms with Gasteiger partial charge >= 0.3 is 6.18 Å². The van der Waals surface area contributed by atoms with Crippen molar-refractivity contribution in [3.63, 3.8) is 0 Å². The Labute approximate surface area is 175 Å². The highest BCUT2D eigenvalue weighted by Crippen LogP contribution is 2.30. The van der Waals surface area contributed by atoms with Crippen molar-refractivity contribution in [3.05, 3.63) is 57.5 Å². The number of alkyl halides is 3. The first kappa shape index (κ1) is 22.1. The maximum atomic E-state index is 13.4. The molecular formula is C21H20F3N3O4. The van der Waals surface area contributed by atoms with Gasteiger partial charge in [-0.15, -0.1) is 0 Å². The number of methoxy groups -OCH3 is 2. The Bertz CT molecular complexity index is 1220. The normalized spacial score (nSPS) is 11.5. The number of hydrogen-bond acceptors (Lipinski definition) is 5. The molecular weight excluding hydrogens is 415 g/mol. The molecule has 0 fully saturated rings. The van der Waals surface area contributed by atoms with Crippen molar-refractivity contribution in [2.75, 3.05) is 19.5 Å². The lowest BCUT2D eigenvalue weighted by Gasteiger charge is -2.15. The second-order valence-corrected chi connectivity index (χ2v) is 6.89. The summed E-state index contributed by atoms with van der Waals surface area (Å²) in [5.41, 5.74) is -1.03. The fraction of sp³-hybridized carbons (Fsp3) is 0.286. The summed E-state index contributed by atoms with van der Waals surface area (Å²) >= 11 is 0. The molecule has 1 amide bonds. The highest BCUT2D eigenvalue weighted by Gasteiger charge is 2.37. The lowest BCUT2D eigenvalue weighted by Crippen LogP contribution is -2.34. The molecule has 164 valence electrons. The zero-order valence-corrected chi connectivity index (χ0v) is 17.3. The highest BCUT2D eigenvalue weighted by molar-refractivity contribution is 5.92. The Morgan fingerprint density at radius 1 is 1.06 bits per heavy atom. The number of hydrogen-bond donors (Lipinski definition) is 1. The fourth-order valence-corrected chi connectivity index (χ4v) is 3.10. The molecule has 31 heavy (non-hydrogen) atoms. The number of fused-ring (bicyclic) bond motifs is 1. The number of benzene rings is 2. The lowest BCUT2D eigenvalue weighted by molar-refractivity contribution is -0.142. The van der Waals surface area contributed by atoms with Gasteiger partial charge in [-0.3, -0.25) is 14.2 Å². The summed E-state index contributed by atoms with van der Waals surface area (Å²) in [4.78, 5) is 28.7. The van der Waals surface area contributed by atoms with Gasteiger partial charge in [-0.05, 0) is 49.2 Å². The van der Waals surface area contributed by atoms with Gasteiger partial charge in [-0.25, -0.2) is 4.98 Å². The van der Waals surface area contributed by atoms with E-state index < -0.39 is 29.9 Å². The Morgan fingerprint density at radius 2 is 1.71 bits per heavy atom. The molecule has 2 aromatic carbocycles. The van der Waals surface area contributed by atoms with Crippen LogP contribution in [0.4, 0.5) is 18.9 Å². The molecule has 10 heteroatoms. The standard InChI is InChI=1S/C21H20F3N3O4/c1-11-7-14-15(8-12(11)2)27(20(29)19(26-14)21(22,23)24)10-18(28)25-13-5-6-16(30-3)17(9-13)31-4/h5-9H,10H2,1-4H3,(H,25,28). The van der Waals surface area contributed by atoms with Crippen molar-refractivity contribution in [1.29, 1.82) is 0 Å². The number of halogens is 3. The topological polar surface area (TPSA) is 82.5 Å². The lowest BCUT2D eigenvalue weighted by atomic mass is 10.1. The average Bonchev–Trinajstić information content (AvgIpc) is 2.70. The van der Waals surface area contributed by atoms with Crippen LogP contribution in [0.5, 0.6) is 11.5 Å². The summed E-state index contributed by atoms with van der Waals surface area (Å²) in [7, 11) is 2.88. The van der Waals surface area contributed by atoms with E-state index in [2.05, 4.69) is 10.3 Å². The van der Waals surface area contributed by atoms with Crippen molar-refractivity contribution >= 4 is 22.6 Å². The van der Waals surface area contributed by atoms with Crippen LogP contribution in [0.25, 0.3) is 11.0 Å². The minimum atomic E-state index is -4.95. The Balaban J connectivity index is 2.03. The summed E-state index contributed by atoms with van der Waals surface area (Å²) in [6.45, 7) is 2.85. The Hall–Kier alpha value is -3.56. The van der Waals surface area contributed by atoms with E-state index in [1.807, 2.05) is 0 Å². The van der Waals surface area contributed by atoms with E-state index in [-0.39, 0.29) is 11.0 Å². The zero-order valence-electron chi connectivity index (χ0n) is 17.3. The third-order valence-corrected chi connectivity index (χ3v) is 4.80. The minimum Gasteiger partial charge on any atom is -0.493 e. The predicted octanol–water partition coefficient (Wildman–Crippen LogP) is 3.69. The molecule has 3 aromatic rings. The van der Waals surface area contributed by atoms with Gasteiger partial charge in [0, 0.05) is 11.8 Å². The summed E-state index contributed by atoms with van der Waals surface area (Å²) < 4.78 is 51.2. The van der Waals surface area contributed by atoms with E-state index in [1.54, 1.807) is 32.0 Å². The van der Waals surface area contributed by atoms with Gasteiger partial charge in [0.05, 0.1) is 25.3 Å². The van der Waals surface area contributed by atoms with Gasteiger partial charge in [-0.1, -0.05) is 0 Å². The number of aryl methyl sites for hydroxylation is 2. The van der Waals surface area contributed by atoms with Crippen LogP contribution in [0.15, 0.2) is 35.1 Å². The van der Waals surface area contributed by atoms with E-state index >= 15 is 0 Å². The van der Waals surface area contributed by atoms with Gasteiger partial charge in [0.15, 0.2) is 11.5 Å². The minimum absolute atomic E-state index is 0.0195. The van der Waals surface area contributed by atoms with Crippen LogP contribution in [0.3, 0.4) is 0 Å². The molecule has 0 saturated carbocycles. The van der Waals surface area contributed by atoms with Crippen molar-refractivity contribution in [1.82, 2.24) is 9.55 Å². The molecule has 0 radical (unpaired) electrons. The summed E-state index contributed by atoms with van der Waals surface area (Å²) in [6.07, 6.45) is -4.95. The van der Waals surface area contributed by atoms with Gasteiger partial charge in [0.1, 0.15) is 6.54 Å². The average molecular weight is 435 g/mol. The van der Waals surface area contributed by atoms with Crippen LogP contribution < -0.4 is 20.3 Å². The molecule has 1 heterocycles. The maximum absolute atomic E-state index is 13.4. The van der Waals surface area contributed by atoms with Crippen LogP contribution >= 0.6 is 0 Å². The second kappa shape index (κ2) is 8.29. The molecule has 7 nitrogen and oxygen atoms in total. The Kier molecular flexibility index (Phi) is 5.92. The molecule has 0 aliphatic carbocycles. The third kappa shape index (κ3) is 4.47. The number of nitrogens with one attached hydrogen (secondary N) is 1. The first-order valence-corrected chi connectivity index (χ1v) is 9.16. The van der Waals surface area contributed by atoms with E-state index in [1.165, 1.54) is 26.4 Å². The number of ether oxygens (including phenoxy) is 2. The van der Waals surface area contributed by atoms with Crippen LogP contribution in [-0.2, 0) is 17.5 Å². The van der Waals surface area contributed by atoms with E-state index in [4.69, 9.17) is 9.47 Å². The van der Waals surface area contributed by atoms with Crippen LogP contribution in [0, 0.1) is 13.8 Å². The quantitative estimate of drug-likeness (QED) is 0.661. The van der Waals surface area contributed by atoms with E-state index in [0.717, 1.165) is 10.1 Å². The van der Waals surface area contributed by atoms with Gasteiger partial charge in [-0.2, -0.15) is 13.2 Å². The molecule has 0 unspecified atom stereocenters. The summed E-state index contributed by atoms with van der Waals surface area (Å²) in [5, 5.41) is 2.56. The molecule has 3 rings (SSSR count). The van der Waals surface area contributed by atoms with Crippen molar-refractivity contribution in [3.8, 4) is 11.5 Å². The number of nitrogens with zero attached hydrogens (tertiary/aromatic N) is 2. The van der Waals surface area contributed by atoms with E-state index in [0.29, 0.717) is 22.7 Å². The summed E-state index contributed by atoms with van der Waals surface area (Å²) in [5.74, 6) is 0.114. The first-order valence-electron chi connectivity index (χ1n) is 9.16. The molecule has 0 atom stereocenters. The molecule has 1 aromatic heterocycles. The SMILES string of the molecule is COc1ccc(NC(=O)Cn2c(=O)c(C(F)(F)F)nc3cc(C)c(C)cc32)cc1OC. The predicted molar refractivity (Wildman–Crippen MR) is 109 cm³/mol. The number of rotatable bonds is 5. The molecule has 0 bridgehead atoms. The Morgan fingerprint density at radius 3 is 2.32 bits per heavy atom. The molecule has 0 spiro atoms. The van der Waals surface area contributed by atoms with E-state index in [9.17, 15) is 22.8 Å². The van der Waals surface area contributed by atoms with Gasteiger partial charge in [0.25, 0.3) is 5.56 Å². The zero-order chi connectivity index (χ0) is 22.9. The van der Waals surface area contributed by atoms with Crippen molar-refractivity contribution < 1.29 is 27.4 Å². The van der Waals surface area contributed by atoms with Crippen LogP contribution in [-0.4, -0.2) is 29.7 Å². The maximum Gasteiger partial charge on any atom is 0.438 e. The van der Waals surface area contributed by atoms with Crippen molar-refractivity contribution in [2.24, 2.45) is 0 Å². The summed E-state index contributed by atoms with van der Waals surface area (Å²) in [6, 6.07) is 7.61. The molecule has 0 saturated heterocycles. The number of carbonyl (C=O) groups excluding carboxylic acids is 1.